The van der Waals surface area contributed by atoms with Crippen LogP contribution in [0, 0.1) is 5.92 Å². The van der Waals surface area contributed by atoms with Crippen LogP contribution in [0.25, 0.3) is 0 Å². The molecule has 1 fully saturated rings. The second kappa shape index (κ2) is 8.09. The number of amides is 1. The monoisotopic (exact) mass is 405 g/mol. The van der Waals surface area contributed by atoms with Gasteiger partial charge in [-0.1, -0.05) is 44.2 Å². The topological polar surface area (TPSA) is 74.8 Å². The molecule has 158 valence electrons. The number of hydrogen-bond acceptors (Lipinski definition) is 5. The fraction of sp³-hybridized carbons (Fsp3) is 0.458. The van der Waals surface area contributed by atoms with Crippen LogP contribution in [0.4, 0.5) is 5.82 Å². The fourth-order valence-electron chi connectivity index (χ4n) is 4.27. The number of anilines is 1. The number of aromatic nitrogens is 1. The largest absolute Gasteiger partial charge is 0.369 e. The van der Waals surface area contributed by atoms with Crippen molar-refractivity contribution >= 4 is 17.7 Å². The van der Waals surface area contributed by atoms with E-state index in [2.05, 4.69) is 65.1 Å². The molecule has 0 radical (unpaired) electrons. The van der Waals surface area contributed by atoms with Crippen LogP contribution in [0.2, 0.25) is 0 Å². The van der Waals surface area contributed by atoms with Crippen LogP contribution in [-0.2, 0) is 11.3 Å². The van der Waals surface area contributed by atoms with Crippen molar-refractivity contribution in [3.8, 4) is 0 Å². The Morgan fingerprint density at radius 2 is 2.00 bits per heavy atom. The molecule has 6 heteroatoms. The van der Waals surface area contributed by atoms with Gasteiger partial charge < -0.3 is 10.6 Å². The number of nitrogens with zero attached hydrogens (tertiary/aromatic N) is 4. The predicted octanol–water partition coefficient (Wildman–Crippen LogP) is 3.54. The normalized spacial score (nSPS) is 24.5. The number of rotatable bonds is 5. The van der Waals surface area contributed by atoms with E-state index >= 15 is 0 Å². The first-order chi connectivity index (χ1) is 14.4. The molecule has 3 heterocycles. The molecular formula is C24H31N5O. The number of carbonyl (C=O) groups excluding carboxylic acids is 1. The summed E-state index contributed by atoms with van der Waals surface area (Å²) in [7, 11) is 0. The maximum absolute atomic E-state index is 12.8. The maximum Gasteiger partial charge on any atom is 0.232 e. The highest BCUT2D eigenvalue weighted by atomic mass is 16.2. The van der Waals surface area contributed by atoms with Crippen LogP contribution in [0.5, 0.6) is 0 Å². The number of guanidine groups is 1. The number of carbonyl (C=O) groups is 1. The van der Waals surface area contributed by atoms with E-state index in [0.717, 1.165) is 30.9 Å². The summed E-state index contributed by atoms with van der Waals surface area (Å²) in [6, 6.07) is 14.7. The highest BCUT2D eigenvalue weighted by Crippen LogP contribution is 2.32. The Balaban J connectivity index is 1.48. The van der Waals surface area contributed by atoms with E-state index in [9.17, 15) is 4.79 Å². The summed E-state index contributed by atoms with van der Waals surface area (Å²) in [5, 5.41) is 0. The molecule has 2 N–H and O–H groups in total. The van der Waals surface area contributed by atoms with E-state index in [4.69, 9.17) is 5.73 Å². The summed E-state index contributed by atoms with van der Waals surface area (Å²) in [5.41, 5.74) is 8.17. The summed E-state index contributed by atoms with van der Waals surface area (Å²) in [6.45, 7) is 8.52. The third-order valence-electron chi connectivity index (χ3n) is 6.63. The van der Waals surface area contributed by atoms with Crippen molar-refractivity contribution in [2.45, 2.75) is 51.6 Å². The van der Waals surface area contributed by atoms with Gasteiger partial charge in [0.25, 0.3) is 0 Å². The Morgan fingerprint density at radius 3 is 2.70 bits per heavy atom. The Bertz CT molecular complexity index is 942. The number of nitrogens with two attached hydrogens (primary N) is 1. The second-order valence-electron chi connectivity index (χ2n) is 9.00. The average molecular weight is 406 g/mol. The Kier molecular flexibility index (Phi) is 5.50. The molecule has 2 aliphatic rings. The van der Waals surface area contributed by atoms with Crippen molar-refractivity contribution < 1.29 is 4.79 Å². The van der Waals surface area contributed by atoms with E-state index in [1.54, 1.807) is 4.90 Å². The molecule has 1 amide bonds. The van der Waals surface area contributed by atoms with Gasteiger partial charge in [0.1, 0.15) is 5.82 Å². The van der Waals surface area contributed by atoms with Gasteiger partial charge in [0, 0.05) is 25.2 Å². The number of pyridine rings is 1. The second-order valence-corrected chi connectivity index (χ2v) is 9.00. The first-order valence-corrected chi connectivity index (χ1v) is 10.8. The zero-order valence-corrected chi connectivity index (χ0v) is 18.1. The molecular weight excluding hydrogens is 374 g/mol. The minimum absolute atomic E-state index is 0.0300. The molecule has 0 saturated carbocycles. The van der Waals surface area contributed by atoms with Gasteiger partial charge >= 0.3 is 0 Å². The van der Waals surface area contributed by atoms with Crippen LogP contribution in [0.3, 0.4) is 0 Å². The minimum atomic E-state index is -0.428. The van der Waals surface area contributed by atoms with Crippen LogP contribution >= 0.6 is 0 Å². The van der Waals surface area contributed by atoms with Crippen molar-refractivity contribution in [1.29, 1.82) is 0 Å². The van der Waals surface area contributed by atoms with Crippen LogP contribution < -0.4 is 10.6 Å². The number of benzene rings is 1. The van der Waals surface area contributed by atoms with Crippen LogP contribution in [0.1, 0.15) is 50.7 Å². The van der Waals surface area contributed by atoms with Gasteiger partial charge in [-0.2, -0.15) is 0 Å². The molecule has 0 unspecified atom stereocenters. The zero-order chi connectivity index (χ0) is 21.3. The van der Waals surface area contributed by atoms with E-state index in [1.165, 1.54) is 5.56 Å². The lowest BCUT2D eigenvalue weighted by molar-refractivity contribution is -0.130. The van der Waals surface area contributed by atoms with Crippen molar-refractivity contribution in [1.82, 2.24) is 9.88 Å². The molecule has 0 bridgehead atoms. The lowest BCUT2D eigenvalue weighted by atomic mass is 9.84. The molecule has 6 nitrogen and oxygen atoms in total. The molecule has 2 atom stereocenters. The molecule has 2 aliphatic heterocycles. The van der Waals surface area contributed by atoms with E-state index in [1.807, 2.05) is 19.2 Å². The van der Waals surface area contributed by atoms with Crippen LogP contribution in [0.15, 0.2) is 53.7 Å². The standard InChI is InChI=1S/C24H31N5O/c1-17(2)24(3)14-22(30)29(23(25)27-24)15-18-9-11-26-21(13-18)28-12-10-20(16-28)19-7-5-4-6-8-19/h4-9,11,13,17,20H,10,12,14-16H2,1-3H3,(H2,25,27)/t20-,24-/m0/s1. The third-order valence-corrected chi connectivity index (χ3v) is 6.63. The maximum atomic E-state index is 12.8. The number of aliphatic imine (C=N–C) groups is 1. The first-order valence-electron chi connectivity index (χ1n) is 10.8. The number of hydrogen-bond donors (Lipinski definition) is 1. The van der Waals surface area contributed by atoms with Gasteiger partial charge in [-0.3, -0.25) is 9.69 Å². The molecule has 1 aromatic heterocycles. The van der Waals surface area contributed by atoms with E-state index in [0.29, 0.717) is 24.8 Å². The lowest BCUT2D eigenvalue weighted by Crippen LogP contribution is -2.51. The summed E-state index contributed by atoms with van der Waals surface area (Å²) < 4.78 is 0. The molecule has 30 heavy (non-hydrogen) atoms. The Morgan fingerprint density at radius 1 is 1.23 bits per heavy atom. The average Bonchev–Trinajstić information content (AvgIpc) is 3.22. The van der Waals surface area contributed by atoms with E-state index < -0.39 is 5.54 Å². The van der Waals surface area contributed by atoms with Gasteiger partial charge in [-0.15, -0.1) is 0 Å². The third kappa shape index (κ3) is 4.04. The molecule has 4 rings (SSSR count). The summed E-state index contributed by atoms with van der Waals surface area (Å²) in [5.74, 6) is 2.07. The van der Waals surface area contributed by atoms with Gasteiger partial charge in [0.2, 0.25) is 5.91 Å². The minimum Gasteiger partial charge on any atom is -0.369 e. The summed E-state index contributed by atoms with van der Waals surface area (Å²) in [4.78, 5) is 26.0. The first kappa shape index (κ1) is 20.4. The molecule has 0 aliphatic carbocycles. The summed E-state index contributed by atoms with van der Waals surface area (Å²) >= 11 is 0. The van der Waals surface area contributed by atoms with Crippen molar-refractivity contribution in [3.05, 3.63) is 59.8 Å². The van der Waals surface area contributed by atoms with Gasteiger partial charge in [-0.25, -0.2) is 9.98 Å². The molecule has 2 aromatic rings. The van der Waals surface area contributed by atoms with Gasteiger partial charge in [0.05, 0.1) is 18.5 Å². The molecule has 1 aromatic carbocycles. The Hall–Kier alpha value is -2.89. The lowest BCUT2D eigenvalue weighted by Gasteiger charge is -2.37. The van der Waals surface area contributed by atoms with Crippen molar-refractivity contribution in [2.75, 3.05) is 18.0 Å². The molecule has 1 saturated heterocycles. The highest BCUT2D eigenvalue weighted by molar-refractivity contribution is 5.99. The Labute approximate surface area is 178 Å². The van der Waals surface area contributed by atoms with Gasteiger partial charge in [-0.05, 0) is 42.5 Å². The quantitative estimate of drug-likeness (QED) is 0.826. The van der Waals surface area contributed by atoms with E-state index in [-0.39, 0.29) is 11.8 Å². The highest BCUT2D eigenvalue weighted by Gasteiger charge is 2.38. The van der Waals surface area contributed by atoms with Gasteiger partial charge in [0.15, 0.2) is 5.96 Å². The van der Waals surface area contributed by atoms with Crippen LogP contribution in [-0.4, -0.2) is 40.4 Å². The molecule has 0 spiro atoms. The fourth-order valence-corrected chi connectivity index (χ4v) is 4.27. The zero-order valence-electron chi connectivity index (χ0n) is 18.1. The SMILES string of the molecule is CC(C)[C@]1(C)CC(=O)N(Cc2ccnc(N3CC[C@H](c4ccccc4)C3)c2)C(N)=N1. The van der Waals surface area contributed by atoms with Crippen molar-refractivity contribution in [2.24, 2.45) is 16.6 Å². The van der Waals surface area contributed by atoms with Crippen molar-refractivity contribution in [3.63, 3.8) is 0 Å². The smallest absolute Gasteiger partial charge is 0.232 e. The summed E-state index contributed by atoms with van der Waals surface area (Å²) in [6.07, 6.45) is 3.32. The predicted molar refractivity (Wildman–Crippen MR) is 120 cm³/mol.